The molecule has 0 aliphatic rings. The van der Waals surface area contributed by atoms with Gasteiger partial charge in [0.2, 0.25) is 0 Å². The molecule has 0 saturated heterocycles. The topological polar surface area (TPSA) is 30.7 Å². The van der Waals surface area contributed by atoms with Crippen LogP contribution in [0, 0.1) is 0 Å². The lowest BCUT2D eigenvalue weighted by Crippen LogP contribution is -1.98. The maximum absolute atomic E-state index is 5.42. The van der Waals surface area contributed by atoms with Crippen LogP contribution in [0.2, 0.25) is 0 Å². The van der Waals surface area contributed by atoms with Gasteiger partial charge in [-0.3, -0.25) is 4.68 Å². The van der Waals surface area contributed by atoms with E-state index in [1.165, 1.54) is 23.7 Å². The van der Waals surface area contributed by atoms with E-state index in [9.17, 15) is 0 Å². The fraction of sp³-hybridized carbons (Fsp3) is 0.750. The Labute approximate surface area is 93.8 Å². The highest BCUT2D eigenvalue weighted by Gasteiger charge is 1.96. The van der Waals surface area contributed by atoms with Crippen LogP contribution in [0.15, 0.2) is 6.20 Å². The van der Waals surface area contributed by atoms with E-state index in [0.717, 1.165) is 12.2 Å². The van der Waals surface area contributed by atoms with Gasteiger partial charge < -0.3 is 0 Å². The lowest BCUT2D eigenvalue weighted by molar-refractivity contribution is 0.539. The van der Waals surface area contributed by atoms with Crippen molar-refractivity contribution in [2.75, 3.05) is 4.43 Å². The zero-order chi connectivity index (χ0) is 9.52. The predicted octanol–water partition coefficient (Wildman–Crippen LogP) is 1.55. The third-order valence-corrected chi connectivity index (χ3v) is 2.58. The Kier molecular flexibility index (Phi) is 5.42. The molecule has 1 rings (SSSR count). The van der Waals surface area contributed by atoms with Crippen molar-refractivity contribution < 1.29 is 0 Å². The number of hydrogen-bond donors (Lipinski definition) is 0. The van der Waals surface area contributed by atoms with Gasteiger partial charge in [0.25, 0.3) is 0 Å². The molecule has 3 nitrogen and oxygen atoms in total. The third-order valence-electron chi connectivity index (χ3n) is 1.82. The number of halogens is 1. The van der Waals surface area contributed by atoms with Crippen LogP contribution < -0.4 is 0 Å². The second-order valence-corrected chi connectivity index (χ2v) is 4.01. The number of alkyl halides is 1. The monoisotopic (exact) mass is 289 g/mol. The van der Waals surface area contributed by atoms with Crippen molar-refractivity contribution in [2.45, 2.75) is 32.1 Å². The number of hydrogen-bond acceptors (Lipinski definition) is 2. The van der Waals surface area contributed by atoms with E-state index in [1.54, 1.807) is 0 Å². The summed E-state index contributed by atoms with van der Waals surface area (Å²) in [6.45, 7) is 0.962. The first-order chi connectivity index (χ1) is 6.36. The minimum atomic E-state index is 0.480. The van der Waals surface area contributed by atoms with Crippen LogP contribution in [0.25, 0.3) is 0 Å². The minimum Gasteiger partial charge on any atom is -0.252 e. The van der Waals surface area contributed by atoms with E-state index in [0.29, 0.717) is 6.32 Å². The first-order valence-electron chi connectivity index (χ1n) is 4.52. The molecule has 13 heavy (non-hydrogen) atoms. The number of nitrogens with zero attached hydrogens (tertiary/aromatic N) is 3. The van der Waals surface area contributed by atoms with E-state index in [-0.39, 0.29) is 0 Å². The summed E-state index contributed by atoms with van der Waals surface area (Å²) in [4.78, 5) is 0. The van der Waals surface area contributed by atoms with Crippen LogP contribution in [-0.4, -0.2) is 27.3 Å². The molecule has 0 saturated carbocycles. The molecule has 0 spiro atoms. The van der Waals surface area contributed by atoms with Crippen molar-refractivity contribution in [3.8, 4) is 0 Å². The van der Waals surface area contributed by atoms with Crippen molar-refractivity contribution in [2.24, 2.45) is 0 Å². The van der Waals surface area contributed by atoms with Gasteiger partial charge in [-0.15, -0.1) is 5.10 Å². The Morgan fingerprint density at radius 3 is 2.85 bits per heavy atom. The molecule has 70 valence electrons. The smallest absolute Gasteiger partial charge is 0.0741 e. The summed E-state index contributed by atoms with van der Waals surface area (Å²) in [6, 6.07) is 0. The van der Waals surface area contributed by atoms with E-state index < -0.39 is 0 Å². The summed E-state index contributed by atoms with van der Waals surface area (Å²) in [5.41, 5.74) is 0.869. The van der Waals surface area contributed by atoms with Gasteiger partial charge in [0, 0.05) is 12.7 Å². The summed E-state index contributed by atoms with van der Waals surface area (Å²) in [5, 5.41) is 7.89. The summed E-state index contributed by atoms with van der Waals surface area (Å²) in [6.07, 6.45) is 6.13. The van der Waals surface area contributed by atoms with E-state index in [2.05, 4.69) is 32.9 Å². The first kappa shape index (κ1) is 11.0. The van der Waals surface area contributed by atoms with Crippen LogP contribution in [0.3, 0.4) is 0 Å². The lowest BCUT2D eigenvalue weighted by Gasteiger charge is -1.98. The molecule has 1 heterocycles. The highest BCUT2D eigenvalue weighted by Crippen LogP contribution is 2.01. The van der Waals surface area contributed by atoms with Gasteiger partial charge in [-0.05, 0) is 23.6 Å². The van der Waals surface area contributed by atoms with Gasteiger partial charge in [0.15, 0.2) is 0 Å². The second-order valence-electron chi connectivity index (χ2n) is 2.93. The molecule has 0 amide bonds. The summed E-state index contributed by atoms with van der Waals surface area (Å²) in [5.74, 6) is 0. The van der Waals surface area contributed by atoms with E-state index >= 15 is 0 Å². The average Bonchev–Trinajstić information content (AvgIpc) is 2.60. The van der Waals surface area contributed by atoms with Crippen LogP contribution in [-0.2, 0) is 12.9 Å². The zero-order valence-corrected chi connectivity index (χ0v) is 9.77. The van der Waals surface area contributed by atoms with Gasteiger partial charge in [-0.25, -0.2) is 0 Å². The van der Waals surface area contributed by atoms with Gasteiger partial charge >= 0.3 is 0 Å². The third kappa shape index (κ3) is 4.11. The van der Waals surface area contributed by atoms with E-state index in [4.69, 9.17) is 7.85 Å². The van der Waals surface area contributed by atoms with Crippen molar-refractivity contribution in [3.63, 3.8) is 0 Å². The first-order valence-corrected chi connectivity index (χ1v) is 6.04. The van der Waals surface area contributed by atoms with Crippen LogP contribution in [0.5, 0.6) is 0 Å². The Morgan fingerprint density at radius 1 is 1.38 bits per heavy atom. The minimum absolute atomic E-state index is 0.480. The van der Waals surface area contributed by atoms with Gasteiger partial charge in [-0.1, -0.05) is 34.2 Å². The van der Waals surface area contributed by atoms with Gasteiger partial charge in [-0.2, -0.15) is 0 Å². The highest BCUT2D eigenvalue weighted by atomic mass is 127. The van der Waals surface area contributed by atoms with Gasteiger partial charge in [0.05, 0.1) is 13.5 Å². The molecule has 0 atom stereocenters. The van der Waals surface area contributed by atoms with Crippen molar-refractivity contribution >= 4 is 30.4 Å². The molecule has 0 aromatic carbocycles. The lowest BCUT2D eigenvalue weighted by atomic mass is 10.0. The molecule has 0 bridgehead atoms. The largest absolute Gasteiger partial charge is 0.252 e. The molecular formula is C8H13BIN3. The normalized spacial score (nSPS) is 10.5. The zero-order valence-electron chi connectivity index (χ0n) is 7.62. The Hall–Kier alpha value is -0.0651. The molecule has 2 radical (unpaired) electrons. The standard InChI is InChI=1S/C8H13BIN3/c9-6-8-7-13(12-11-8)5-3-1-2-4-10/h7H,1-6H2. The maximum Gasteiger partial charge on any atom is 0.0741 e. The fourth-order valence-electron chi connectivity index (χ4n) is 1.09. The number of unbranched alkanes of at least 4 members (excludes halogenated alkanes) is 2. The van der Waals surface area contributed by atoms with Crippen LogP contribution >= 0.6 is 22.6 Å². The molecule has 0 N–H and O–H groups in total. The quantitative estimate of drug-likeness (QED) is 0.344. The van der Waals surface area contributed by atoms with Crippen molar-refractivity contribution in [3.05, 3.63) is 11.9 Å². The SMILES string of the molecule is [B]Cc1cn(CCCCCI)nn1. The molecular weight excluding hydrogens is 276 g/mol. The molecule has 0 fully saturated rings. The second kappa shape index (κ2) is 6.40. The molecule has 0 aliphatic heterocycles. The maximum atomic E-state index is 5.42. The van der Waals surface area contributed by atoms with Gasteiger partial charge in [0.1, 0.15) is 0 Å². The average molecular weight is 289 g/mol. The Morgan fingerprint density at radius 2 is 2.23 bits per heavy atom. The Bertz CT molecular complexity index is 239. The number of aryl methyl sites for hydroxylation is 1. The Balaban J connectivity index is 2.20. The highest BCUT2D eigenvalue weighted by molar-refractivity contribution is 14.1. The summed E-state index contributed by atoms with van der Waals surface area (Å²) < 4.78 is 3.11. The number of aromatic nitrogens is 3. The molecule has 0 unspecified atom stereocenters. The van der Waals surface area contributed by atoms with Crippen molar-refractivity contribution in [1.29, 1.82) is 0 Å². The molecule has 5 heteroatoms. The summed E-state index contributed by atoms with van der Waals surface area (Å²) >= 11 is 2.40. The van der Waals surface area contributed by atoms with Crippen molar-refractivity contribution in [1.82, 2.24) is 15.0 Å². The number of rotatable bonds is 6. The predicted molar refractivity (Wildman–Crippen MR) is 62.2 cm³/mol. The molecule has 1 aromatic heterocycles. The molecule has 1 aromatic rings. The molecule has 0 aliphatic carbocycles. The summed E-state index contributed by atoms with van der Waals surface area (Å²) in [7, 11) is 5.42. The van der Waals surface area contributed by atoms with Crippen LogP contribution in [0.4, 0.5) is 0 Å². The fourth-order valence-corrected chi connectivity index (χ4v) is 1.63. The van der Waals surface area contributed by atoms with Crippen LogP contribution in [0.1, 0.15) is 25.0 Å². The van der Waals surface area contributed by atoms with E-state index in [1.807, 2.05) is 10.9 Å².